The number of aromatic nitrogens is 1. The van der Waals surface area contributed by atoms with E-state index in [2.05, 4.69) is 114 Å². The van der Waals surface area contributed by atoms with E-state index >= 15 is 0 Å². The van der Waals surface area contributed by atoms with E-state index in [1.165, 1.54) is 59.5 Å². The normalized spacial score (nSPS) is 17.6. The lowest BCUT2D eigenvalue weighted by Crippen LogP contribution is -2.36. The van der Waals surface area contributed by atoms with Gasteiger partial charge in [-0.25, -0.2) is 0 Å². The number of para-hydroxylation sites is 2. The lowest BCUT2D eigenvalue weighted by atomic mass is 9.95. The summed E-state index contributed by atoms with van der Waals surface area (Å²) in [7, 11) is 0. The Bertz CT molecular complexity index is 1520. The molecule has 37 heavy (non-hydrogen) atoms. The molecule has 4 heteroatoms. The second kappa shape index (κ2) is 10.7. The summed E-state index contributed by atoms with van der Waals surface area (Å²) in [5, 5.41) is 2.71. The van der Waals surface area contributed by atoms with Crippen LogP contribution < -0.4 is 9.47 Å². The molecular formula is C33H33N2S2+. The van der Waals surface area contributed by atoms with Gasteiger partial charge in [0.1, 0.15) is 4.70 Å². The summed E-state index contributed by atoms with van der Waals surface area (Å²) in [6.07, 6.45) is 11.9. The van der Waals surface area contributed by atoms with Crippen molar-refractivity contribution in [3.8, 4) is 0 Å². The molecule has 0 unspecified atom stereocenters. The second-order valence-electron chi connectivity index (χ2n) is 9.88. The van der Waals surface area contributed by atoms with E-state index in [4.69, 9.17) is 0 Å². The van der Waals surface area contributed by atoms with Crippen LogP contribution in [0.1, 0.15) is 42.3 Å². The van der Waals surface area contributed by atoms with Crippen LogP contribution in [0.15, 0.2) is 106 Å². The van der Waals surface area contributed by atoms with Gasteiger partial charge in [0.2, 0.25) is 5.52 Å². The van der Waals surface area contributed by atoms with Crippen molar-refractivity contribution in [3.63, 3.8) is 0 Å². The molecule has 0 fully saturated rings. The van der Waals surface area contributed by atoms with Crippen molar-refractivity contribution in [1.82, 2.24) is 0 Å². The Morgan fingerprint density at radius 1 is 0.919 bits per heavy atom. The molecule has 3 aromatic carbocycles. The predicted molar refractivity (Wildman–Crippen MR) is 160 cm³/mol. The molecule has 0 saturated heterocycles. The van der Waals surface area contributed by atoms with Gasteiger partial charge in [0.05, 0.1) is 10.7 Å². The van der Waals surface area contributed by atoms with Gasteiger partial charge in [-0.05, 0) is 74.1 Å². The highest BCUT2D eigenvalue weighted by atomic mass is 32.2. The predicted octanol–water partition coefficient (Wildman–Crippen LogP) is 8.71. The molecular weight excluding hydrogens is 489 g/mol. The van der Waals surface area contributed by atoms with Crippen LogP contribution in [0.3, 0.4) is 0 Å². The van der Waals surface area contributed by atoms with E-state index in [0.717, 1.165) is 32.4 Å². The SMILES string of the molecule is CCN1/C(=C/C2=CC(=C/c3sc4ccccc4[n+]3CCc3ccc(C)cc3)/CCC2)Sc2ccccc21. The fraction of sp³-hybridized carbons (Fsp3) is 0.242. The van der Waals surface area contributed by atoms with Gasteiger partial charge in [-0.2, -0.15) is 4.57 Å². The molecule has 1 aliphatic heterocycles. The van der Waals surface area contributed by atoms with Crippen molar-refractivity contribution in [1.29, 1.82) is 0 Å². The van der Waals surface area contributed by atoms with E-state index in [-0.39, 0.29) is 0 Å². The minimum Gasteiger partial charge on any atom is -0.335 e. The monoisotopic (exact) mass is 521 g/mol. The van der Waals surface area contributed by atoms with E-state index in [1.807, 2.05) is 23.1 Å². The third-order valence-corrected chi connectivity index (χ3v) is 9.48. The Balaban J connectivity index is 1.30. The number of thiazole rings is 1. The van der Waals surface area contributed by atoms with Crippen LogP contribution in [0.5, 0.6) is 0 Å². The number of hydrogen-bond donors (Lipinski definition) is 0. The van der Waals surface area contributed by atoms with Crippen molar-refractivity contribution in [3.05, 3.63) is 117 Å². The fourth-order valence-electron chi connectivity index (χ4n) is 5.30. The standard InChI is InChI=1S/C33H33N2S2/c1-3-34-28-11-4-6-13-30(28)36-32(34)22-26-9-8-10-27(21-26)23-33-35(29-12-5-7-14-31(29)37-33)20-19-25-17-15-24(2)16-18-25/h4-7,11-18,21-23H,3,8-10,19-20H2,1-2H3/q+1. The van der Waals surface area contributed by atoms with Gasteiger partial charge in [-0.1, -0.05) is 83.3 Å². The number of hydrogen-bond acceptors (Lipinski definition) is 3. The number of anilines is 1. The van der Waals surface area contributed by atoms with Crippen LogP contribution in [-0.4, -0.2) is 6.54 Å². The average molecular weight is 522 g/mol. The van der Waals surface area contributed by atoms with Crippen molar-refractivity contribution >= 4 is 45.1 Å². The molecule has 0 radical (unpaired) electrons. The van der Waals surface area contributed by atoms with Crippen LogP contribution in [0, 0.1) is 6.92 Å². The molecule has 0 atom stereocenters. The first-order valence-corrected chi connectivity index (χ1v) is 15.0. The molecule has 1 aliphatic carbocycles. The van der Waals surface area contributed by atoms with Gasteiger partial charge in [0.15, 0.2) is 6.54 Å². The third-order valence-electron chi connectivity index (χ3n) is 7.25. The van der Waals surface area contributed by atoms with Gasteiger partial charge in [-0.3, -0.25) is 0 Å². The highest BCUT2D eigenvalue weighted by molar-refractivity contribution is 8.03. The molecule has 0 bridgehead atoms. The smallest absolute Gasteiger partial charge is 0.263 e. The quantitative estimate of drug-likeness (QED) is 0.234. The average Bonchev–Trinajstić information content (AvgIpc) is 3.45. The Morgan fingerprint density at radius 3 is 2.59 bits per heavy atom. The molecule has 0 saturated carbocycles. The van der Waals surface area contributed by atoms with Gasteiger partial charge in [0, 0.05) is 30.0 Å². The molecule has 186 valence electrons. The Kier molecular flexibility index (Phi) is 7.04. The number of fused-ring (bicyclic) bond motifs is 2. The van der Waals surface area contributed by atoms with E-state index in [1.54, 1.807) is 0 Å². The molecule has 1 aromatic heterocycles. The van der Waals surface area contributed by atoms with E-state index in [9.17, 15) is 0 Å². The summed E-state index contributed by atoms with van der Waals surface area (Å²) in [4.78, 5) is 3.81. The first-order valence-electron chi connectivity index (χ1n) is 13.3. The lowest BCUT2D eigenvalue weighted by molar-refractivity contribution is -0.668. The zero-order valence-electron chi connectivity index (χ0n) is 21.6. The summed E-state index contributed by atoms with van der Waals surface area (Å²) in [5.41, 5.74) is 8.28. The summed E-state index contributed by atoms with van der Waals surface area (Å²) in [6.45, 7) is 6.39. The zero-order chi connectivity index (χ0) is 25.2. The van der Waals surface area contributed by atoms with E-state index < -0.39 is 0 Å². The Morgan fingerprint density at radius 2 is 1.73 bits per heavy atom. The van der Waals surface area contributed by atoms with Crippen LogP contribution in [0.25, 0.3) is 16.3 Å². The summed E-state index contributed by atoms with van der Waals surface area (Å²) in [6, 6.07) is 26.6. The summed E-state index contributed by atoms with van der Waals surface area (Å²) >= 11 is 3.82. The molecule has 0 N–H and O–H groups in total. The number of allylic oxidation sites excluding steroid dienone is 4. The highest BCUT2D eigenvalue weighted by Crippen LogP contribution is 2.46. The Labute approximate surface area is 228 Å². The third kappa shape index (κ3) is 5.18. The topological polar surface area (TPSA) is 7.12 Å². The summed E-state index contributed by atoms with van der Waals surface area (Å²) in [5.74, 6) is 0. The first-order chi connectivity index (χ1) is 18.2. The molecule has 6 rings (SSSR count). The van der Waals surface area contributed by atoms with Crippen molar-refractivity contribution in [2.45, 2.75) is 51.0 Å². The molecule has 2 heterocycles. The number of benzene rings is 3. The van der Waals surface area contributed by atoms with Crippen LogP contribution in [0.2, 0.25) is 0 Å². The van der Waals surface area contributed by atoms with Gasteiger partial charge in [-0.15, -0.1) is 0 Å². The van der Waals surface area contributed by atoms with Crippen LogP contribution in [0.4, 0.5) is 5.69 Å². The number of rotatable bonds is 6. The highest BCUT2D eigenvalue weighted by Gasteiger charge is 2.24. The van der Waals surface area contributed by atoms with Gasteiger partial charge < -0.3 is 4.90 Å². The number of thioether (sulfide) groups is 1. The number of nitrogens with zero attached hydrogens (tertiary/aromatic N) is 2. The minimum atomic E-state index is 0.993. The Hall–Kier alpha value is -3.08. The second-order valence-corrected chi connectivity index (χ2v) is 12.0. The fourth-order valence-corrected chi connectivity index (χ4v) is 7.66. The maximum Gasteiger partial charge on any atom is 0.263 e. The van der Waals surface area contributed by atoms with Crippen molar-refractivity contribution < 1.29 is 4.57 Å². The lowest BCUT2D eigenvalue weighted by Gasteiger charge is -2.19. The molecule has 4 aromatic rings. The molecule has 0 spiro atoms. The molecule has 2 nitrogen and oxygen atoms in total. The first kappa shape index (κ1) is 24.3. The maximum atomic E-state index is 2.52. The summed E-state index contributed by atoms with van der Waals surface area (Å²) < 4.78 is 3.88. The zero-order valence-corrected chi connectivity index (χ0v) is 23.2. The van der Waals surface area contributed by atoms with Gasteiger partial charge >= 0.3 is 0 Å². The van der Waals surface area contributed by atoms with Gasteiger partial charge in [0.25, 0.3) is 5.01 Å². The maximum absolute atomic E-state index is 2.52. The van der Waals surface area contributed by atoms with Crippen LogP contribution in [-0.2, 0) is 13.0 Å². The largest absolute Gasteiger partial charge is 0.335 e. The molecule has 0 amide bonds. The van der Waals surface area contributed by atoms with Crippen LogP contribution >= 0.6 is 23.1 Å². The van der Waals surface area contributed by atoms with Crippen molar-refractivity contribution in [2.75, 3.05) is 11.4 Å². The minimum absolute atomic E-state index is 0.993. The van der Waals surface area contributed by atoms with Crippen molar-refractivity contribution in [2.24, 2.45) is 0 Å². The number of aryl methyl sites for hydroxylation is 3. The van der Waals surface area contributed by atoms with E-state index in [0.29, 0.717) is 0 Å². The molecule has 2 aliphatic rings.